The highest BCUT2D eigenvalue weighted by Gasteiger charge is 2.22. The van der Waals surface area contributed by atoms with Gasteiger partial charge >= 0.3 is 0 Å². The van der Waals surface area contributed by atoms with Crippen molar-refractivity contribution in [3.8, 4) is 5.75 Å². The Bertz CT molecular complexity index is 366. The summed E-state index contributed by atoms with van der Waals surface area (Å²) in [5.74, 6) is 0.933. The van der Waals surface area contributed by atoms with E-state index < -0.39 is 0 Å². The Balaban J connectivity index is 1.81. The SMILES string of the molecule is CCCCOc1ccc(C2COC(CCC)CO2)cc1. The minimum atomic E-state index is 0.0628. The van der Waals surface area contributed by atoms with Crippen molar-refractivity contribution in [3.05, 3.63) is 29.8 Å². The van der Waals surface area contributed by atoms with E-state index in [1.165, 1.54) is 5.56 Å². The quantitative estimate of drug-likeness (QED) is 0.702. The molecular formula is C17H26O3. The van der Waals surface area contributed by atoms with Gasteiger partial charge in [0, 0.05) is 0 Å². The maximum Gasteiger partial charge on any atom is 0.119 e. The van der Waals surface area contributed by atoms with E-state index >= 15 is 0 Å². The third-order valence-corrected chi connectivity index (χ3v) is 3.60. The summed E-state index contributed by atoms with van der Waals surface area (Å²) in [6.45, 7) is 6.48. The molecule has 0 aromatic heterocycles. The van der Waals surface area contributed by atoms with Gasteiger partial charge in [0.15, 0.2) is 0 Å². The normalized spacial score (nSPS) is 22.7. The molecule has 112 valence electrons. The third kappa shape index (κ3) is 4.50. The van der Waals surface area contributed by atoms with Gasteiger partial charge in [-0.25, -0.2) is 0 Å². The highest BCUT2D eigenvalue weighted by Crippen LogP contribution is 2.26. The van der Waals surface area contributed by atoms with Gasteiger partial charge in [-0.05, 0) is 30.5 Å². The van der Waals surface area contributed by atoms with Crippen LogP contribution in [0, 0.1) is 0 Å². The summed E-state index contributed by atoms with van der Waals surface area (Å²) in [5.41, 5.74) is 1.17. The van der Waals surface area contributed by atoms with Gasteiger partial charge in [0.1, 0.15) is 11.9 Å². The fraction of sp³-hybridized carbons (Fsp3) is 0.647. The summed E-state index contributed by atoms with van der Waals surface area (Å²) in [5, 5.41) is 0. The Labute approximate surface area is 122 Å². The molecule has 1 fully saturated rings. The Morgan fingerprint density at radius 1 is 1.05 bits per heavy atom. The molecule has 1 aromatic rings. The fourth-order valence-electron chi connectivity index (χ4n) is 2.34. The van der Waals surface area contributed by atoms with E-state index in [-0.39, 0.29) is 12.2 Å². The van der Waals surface area contributed by atoms with Crippen LogP contribution in [0.5, 0.6) is 5.75 Å². The molecule has 1 aliphatic rings. The molecular weight excluding hydrogens is 252 g/mol. The lowest BCUT2D eigenvalue weighted by Gasteiger charge is -2.29. The fourth-order valence-corrected chi connectivity index (χ4v) is 2.34. The standard InChI is InChI=1S/C17H26O3/c1-3-5-11-18-15-9-7-14(8-10-15)17-13-19-16(6-4-2)12-20-17/h7-10,16-17H,3-6,11-13H2,1-2H3. The second kappa shape index (κ2) is 8.28. The Morgan fingerprint density at radius 2 is 1.85 bits per heavy atom. The van der Waals surface area contributed by atoms with E-state index in [4.69, 9.17) is 14.2 Å². The van der Waals surface area contributed by atoms with Crippen molar-refractivity contribution in [2.24, 2.45) is 0 Å². The summed E-state index contributed by atoms with van der Waals surface area (Å²) >= 11 is 0. The number of unbranched alkanes of at least 4 members (excludes halogenated alkanes) is 1. The van der Waals surface area contributed by atoms with E-state index in [1.807, 2.05) is 12.1 Å². The molecule has 0 spiro atoms. The minimum Gasteiger partial charge on any atom is -0.494 e. The van der Waals surface area contributed by atoms with Crippen molar-refractivity contribution in [3.63, 3.8) is 0 Å². The minimum absolute atomic E-state index is 0.0628. The Hall–Kier alpha value is -1.06. The molecule has 0 saturated carbocycles. The van der Waals surface area contributed by atoms with E-state index in [0.29, 0.717) is 13.2 Å². The van der Waals surface area contributed by atoms with Gasteiger partial charge in [0.25, 0.3) is 0 Å². The van der Waals surface area contributed by atoms with Crippen LogP contribution >= 0.6 is 0 Å². The van der Waals surface area contributed by atoms with Crippen molar-refractivity contribution in [2.45, 2.75) is 51.7 Å². The van der Waals surface area contributed by atoms with E-state index in [0.717, 1.165) is 38.0 Å². The van der Waals surface area contributed by atoms with Crippen molar-refractivity contribution < 1.29 is 14.2 Å². The van der Waals surface area contributed by atoms with Crippen molar-refractivity contribution in [2.75, 3.05) is 19.8 Å². The number of hydrogen-bond acceptors (Lipinski definition) is 3. The lowest BCUT2D eigenvalue weighted by atomic mass is 10.1. The smallest absolute Gasteiger partial charge is 0.119 e. The first kappa shape index (κ1) is 15.3. The summed E-state index contributed by atoms with van der Waals surface area (Å²) in [6, 6.07) is 8.20. The number of rotatable bonds is 7. The molecule has 2 atom stereocenters. The van der Waals surface area contributed by atoms with Gasteiger partial charge in [-0.1, -0.05) is 38.8 Å². The summed E-state index contributed by atoms with van der Waals surface area (Å²) in [6.07, 6.45) is 4.81. The van der Waals surface area contributed by atoms with Crippen LogP contribution in [0.1, 0.15) is 51.2 Å². The first-order chi connectivity index (χ1) is 9.83. The van der Waals surface area contributed by atoms with Crippen LogP contribution in [-0.4, -0.2) is 25.9 Å². The molecule has 1 aliphatic heterocycles. The molecule has 0 aliphatic carbocycles. The van der Waals surface area contributed by atoms with E-state index in [2.05, 4.69) is 26.0 Å². The monoisotopic (exact) mass is 278 g/mol. The topological polar surface area (TPSA) is 27.7 Å². The Morgan fingerprint density at radius 3 is 2.45 bits per heavy atom. The second-order valence-corrected chi connectivity index (χ2v) is 5.34. The molecule has 1 aromatic carbocycles. The van der Waals surface area contributed by atoms with Crippen molar-refractivity contribution >= 4 is 0 Å². The average Bonchev–Trinajstić information content (AvgIpc) is 2.49. The highest BCUT2D eigenvalue weighted by molar-refractivity contribution is 5.28. The summed E-state index contributed by atoms with van der Waals surface area (Å²) < 4.78 is 17.4. The molecule has 1 heterocycles. The van der Waals surface area contributed by atoms with Crippen LogP contribution in [0.15, 0.2) is 24.3 Å². The predicted molar refractivity (Wildman–Crippen MR) is 80.2 cm³/mol. The molecule has 3 nitrogen and oxygen atoms in total. The van der Waals surface area contributed by atoms with Gasteiger partial charge in [-0.15, -0.1) is 0 Å². The number of benzene rings is 1. The molecule has 0 N–H and O–H groups in total. The predicted octanol–water partition coefficient (Wildman–Crippen LogP) is 4.12. The van der Waals surface area contributed by atoms with Crippen LogP contribution in [0.2, 0.25) is 0 Å². The summed E-state index contributed by atoms with van der Waals surface area (Å²) in [4.78, 5) is 0. The van der Waals surface area contributed by atoms with Crippen LogP contribution in [-0.2, 0) is 9.47 Å². The second-order valence-electron chi connectivity index (χ2n) is 5.34. The summed E-state index contributed by atoms with van der Waals surface area (Å²) in [7, 11) is 0. The number of hydrogen-bond donors (Lipinski definition) is 0. The molecule has 2 rings (SSSR count). The van der Waals surface area contributed by atoms with Crippen LogP contribution in [0.4, 0.5) is 0 Å². The van der Waals surface area contributed by atoms with Gasteiger partial charge in [-0.2, -0.15) is 0 Å². The van der Waals surface area contributed by atoms with Crippen molar-refractivity contribution in [1.29, 1.82) is 0 Å². The molecule has 3 heteroatoms. The maximum absolute atomic E-state index is 5.90. The van der Waals surface area contributed by atoms with Crippen molar-refractivity contribution in [1.82, 2.24) is 0 Å². The highest BCUT2D eigenvalue weighted by atomic mass is 16.6. The zero-order valence-electron chi connectivity index (χ0n) is 12.6. The molecule has 0 radical (unpaired) electrons. The lowest BCUT2D eigenvalue weighted by Crippen LogP contribution is -2.30. The molecule has 20 heavy (non-hydrogen) atoms. The van der Waals surface area contributed by atoms with E-state index in [9.17, 15) is 0 Å². The van der Waals surface area contributed by atoms with Crippen LogP contribution in [0.3, 0.4) is 0 Å². The third-order valence-electron chi connectivity index (χ3n) is 3.60. The van der Waals surface area contributed by atoms with E-state index in [1.54, 1.807) is 0 Å². The lowest BCUT2D eigenvalue weighted by molar-refractivity contribution is -0.137. The molecule has 2 unspecified atom stereocenters. The largest absolute Gasteiger partial charge is 0.494 e. The van der Waals surface area contributed by atoms with Gasteiger partial charge < -0.3 is 14.2 Å². The van der Waals surface area contributed by atoms with Gasteiger partial charge in [0.05, 0.1) is 25.9 Å². The molecule has 0 bridgehead atoms. The first-order valence-electron chi connectivity index (χ1n) is 7.79. The average molecular weight is 278 g/mol. The van der Waals surface area contributed by atoms with Gasteiger partial charge in [-0.3, -0.25) is 0 Å². The van der Waals surface area contributed by atoms with Crippen LogP contribution < -0.4 is 4.74 Å². The van der Waals surface area contributed by atoms with Crippen LogP contribution in [0.25, 0.3) is 0 Å². The molecule has 1 saturated heterocycles. The molecule has 0 amide bonds. The Kier molecular flexibility index (Phi) is 6.34. The zero-order valence-corrected chi connectivity index (χ0v) is 12.6. The maximum atomic E-state index is 5.90. The zero-order chi connectivity index (χ0) is 14.2. The van der Waals surface area contributed by atoms with Gasteiger partial charge in [0.2, 0.25) is 0 Å². The number of ether oxygens (including phenoxy) is 3. The first-order valence-corrected chi connectivity index (χ1v) is 7.79.